The van der Waals surface area contributed by atoms with Crippen molar-refractivity contribution in [3.63, 3.8) is 0 Å². The highest BCUT2D eigenvalue weighted by atomic mass is 16.7. The van der Waals surface area contributed by atoms with Crippen LogP contribution in [0.15, 0.2) is 109 Å². The van der Waals surface area contributed by atoms with Crippen LogP contribution in [-0.4, -0.2) is 99.6 Å². The molecule has 1 saturated heterocycles. The van der Waals surface area contributed by atoms with E-state index < -0.39 is 67.4 Å². The number of hydrogen-bond donors (Lipinski definition) is 6. The van der Waals surface area contributed by atoms with Crippen molar-refractivity contribution in [1.82, 2.24) is 5.32 Å². The molecule has 0 bridgehead atoms. The first-order valence-electron chi connectivity index (χ1n) is 31.7. The lowest BCUT2D eigenvalue weighted by Crippen LogP contribution is -2.61. The molecule has 0 saturated carbocycles. The third-order valence-corrected chi connectivity index (χ3v) is 14.3. The summed E-state index contributed by atoms with van der Waals surface area (Å²) in [6, 6.07) is -1.04. The Morgan fingerprint density at radius 3 is 1.49 bits per heavy atom. The summed E-state index contributed by atoms with van der Waals surface area (Å²) in [7, 11) is 0. The summed E-state index contributed by atoms with van der Waals surface area (Å²) in [4.78, 5) is 26.6. The van der Waals surface area contributed by atoms with Crippen LogP contribution < -0.4 is 5.32 Å². The van der Waals surface area contributed by atoms with Gasteiger partial charge in [-0.2, -0.15) is 0 Å². The normalized spacial score (nSPS) is 19.6. The fourth-order valence-corrected chi connectivity index (χ4v) is 9.30. The molecular weight excluding hydrogens is 991 g/mol. The lowest BCUT2D eigenvalue weighted by molar-refractivity contribution is -0.305. The van der Waals surface area contributed by atoms with Gasteiger partial charge in [0.25, 0.3) is 0 Å². The van der Waals surface area contributed by atoms with E-state index in [0.717, 1.165) is 77.0 Å². The summed E-state index contributed by atoms with van der Waals surface area (Å²) < 4.78 is 17.6. The summed E-state index contributed by atoms with van der Waals surface area (Å²) >= 11 is 0. The number of ether oxygens (including phenoxy) is 3. The average Bonchev–Trinajstić information content (AvgIpc) is 3.49. The quantitative estimate of drug-likeness (QED) is 0.0149. The van der Waals surface area contributed by atoms with Crippen molar-refractivity contribution in [2.75, 3.05) is 13.2 Å². The van der Waals surface area contributed by atoms with Crippen molar-refractivity contribution in [1.29, 1.82) is 0 Å². The molecule has 1 aliphatic heterocycles. The molecule has 8 unspecified atom stereocenters. The van der Waals surface area contributed by atoms with Gasteiger partial charge in [-0.05, 0) is 77.0 Å². The van der Waals surface area contributed by atoms with Gasteiger partial charge in [0.1, 0.15) is 24.4 Å². The van der Waals surface area contributed by atoms with Crippen molar-refractivity contribution in [3.05, 3.63) is 109 Å². The average molecular weight is 1110 g/mol. The van der Waals surface area contributed by atoms with Gasteiger partial charge in [0.05, 0.1) is 25.4 Å². The Labute approximate surface area is 481 Å². The van der Waals surface area contributed by atoms with Crippen LogP contribution in [0.1, 0.15) is 245 Å². The lowest BCUT2D eigenvalue weighted by atomic mass is 9.99. The summed E-state index contributed by atoms with van der Waals surface area (Å²) in [6.45, 7) is 5.60. The second-order valence-corrected chi connectivity index (χ2v) is 21.6. The van der Waals surface area contributed by atoms with Gasteiger partial charge in [0.2, 0.25) is 5.91 Å². The number of carbonyl (C=O) groups is 2. The zero-order valence-electron chi connectivity index (χ0n) is 50.0. The number of nitrogens with one attached hydrogen (secondary N) is 1. The van der Waals surface area contributed by atoms with E-state index in [1.807, 2.05) is 66.8 Å². The molecule has 0 radical (unpaired) electrons. The Bertz CT molecular complexity index is 1700. The molecule has 0 spiro atoms. The number of unbranched alkanes of at least 4 members (excludes halogenated alkanes) is 27. The number of aliphatic hydroxyl groups excluding tert-OH is 5. The molecule has 452 valence electrons. The smallest absolute Gasteiger partial charge is 0.306 e. The van der Waals surface area contributed by atoms with Gasteiger partial charge in [-0.1, -0.05) is 271 Å². The third-order valence-electron chi connectivity index (χ3n) is 14.3. The van der Waals surface area contributed by atoms with Crippen molar-refractivity contribution in [3.8, 4) is 0 Å². The minimum atomic E-state index is -1.64. The van der Waals surface area contributed by atoms with E-state index in [1.165, 1.54) is 122 Å². The Morgan fingerprint density at radius 1 is 0.519 bits per heavy atom. The molecule has 6 N–H and O–H groups in total. The minimum Gasteiger partial charge on any atom is -0.454 e. The number of esters is 1. The molecule has 0 aromatic rings. The van der Waals surface area contributed by atoms with E-state index in [1.54, 1.807) is 6.08 Å². The number of rotatable bonds is 52. The van der Waals surface area contributed by atoms with Crippen LogP contribution >= 0.6 is 0 Å². The van der Waals surface area contributed by atoms with Crippen LogP contribution in [0.4, 0.5) is 0 Å². The van der Waals surface area contributed by atoms with E-state index in [4.69, 9.17) is 14.2 Å². The van der Waals surface area contributed by atoms with E-state index in [0.29, 0.717) is 12.8 Å². The number of amides is 1. The van der Waals surface area contributed by atoms with Gasteiger partial charge in [-0.15, -0.1) is 0 Å². The lowest BCUT2D eigenvalue weighted by Gasteiger charge is -2.41. The van der Waals surface area contributed by atoms with Crippen molar-refractivity contribution >= 4 is 11.9 Å². The Morgan fingerprint density at radius 2 is 0.962 bits per heavy atom. The highest BCUT2D eigenvalue weighted by Crippen LogP contribution is 2.26. The summed E-state index contributed by atoms with van der Waals surface area (Å²) in [6.07, 6.45) is 64.0. The van der Waals surface area contributed by atoms with Gasteiger partial charge in [0.15, 0.2) is 12.4 Å². The molecule has 0 aromatic heterocycles. The molecule has 79 heavy (non-hydrogen) atoms. The highest BCUT2D eigenvalue weighted by molar-refractivity contribution is 5.80. The second kappa shape index (κ2) is 54.9. The molecule has 8 atom stereocenters. The predicted molar refractivity (Wildman–Crippen MR) is 328 cm³/mol. The Balaban J connectivity index is 2.71. The molecule has 11 heteroatoms. The second-order valence-electron chi connectivity index (χ2n) is 21.6. The van der Waals surface area contributed by atoms with Crippen LogP contribution in [0.5, 0.6) is 0 Å². The van der Waals surface area contributed by atoms with Gasteiger partial charge in [-0.3, -0.25) is 9.59 Å². The summed E-state index contributed by atoms with van der Waals surface area (Å²) in [5, 5.41) is 57.0. The predicted octanol–water partition coefficient (Wildman–Crippen LogP) is 15.3. The molecule has 0 aliphatic carbocycles. The van der Waals surface area contributed by atoms with Gasteiger partial charge in [-0.25, -0.2) is 0 Å². The van der Waals surface area contributed by atoms with Gasteiger partial charge < -0.3 is 45.1 Å². The first kappa shape index (κ1) is 73.3. The first-order valence-corrected chi connectivity index (χ1v) is 31.7. The van der Waals surface area contributed by atoms with Crippen molar-refractivity contribution in [2.24, 2.45) is 0 Å². The van der Waals surface area contributed by atoms with E-state index in [-0.39, 0.29) is 19.4 Å². The molecule has 1 amide bonds. The maximum Gasteiger partial charge on any atom is 0.306 e. The molecular formula is C68H115NO10. The van der Waals surface area contributed by atoms with Crippen molar-refractivity contribution in [2.45, 2.75) is 294 Å². The maximum absolute atomic E-state index is 13.4. The summed E-state index contributed by atoms with van der Waals surface area (Å²) in [5.41, 5.74) is 0. The minimum absolute atomic E-state index is 0.0667. The molecule has 11 nitrogen and oxygen atoms in total. The largest absolute Gasteiger partial charge is 0.454 e. The van der Waals surface area contributed by atoms with Crippen LogP contribution in [0.2, 0.25) is 0 Å². The van der Waals surface area contributed by atoms with Crippen molar-refractivity contribution < 1.29 is 49.3 Å². The Kier molecular flexibility index (Phi) is 50.9. The zero-order valence-corrected chi connectivity index (χ0v) is 50.0. The highest BCUT2D eigenvalue weighted by Gasteiger charge is 2.47. The summed E-state index contributed by atoms with van der Waals surface area (Å²) in [5.74, 6) is -1.25. The van der Waals surface area contributed by atoms with E-state index in [9.17, 15) is 35.1 Å². The fourth-order valence-electron chi connectivity index (χ4n) is 9.30. The molecule has 0 aromatic carbocycles. The van der Waals surface area contributed by atoms with E-state index >= 15 is 0 Å². The fraction of sp³-hybridized carbons (Fsp3) is 0.706. The SMILES string of the molecule is CC\C=C/C=C/C=C/C=C\C=C\C=C\CCCCCC(=O)OC1C(OCC(NC(=O)C(O)CCCCCCCCCCCC/C=C\C/C=C\CCCCC)C(O)/C=C/CCCCCCCCCCCCC)OC(CO)C(O)C1O. The number of carbonyl (C=O) groups excluding carboxylic acids is 2. The van der Waals surface area contributed by atoms with Crippen LogP contribution in [0.3, 0.4) is 0 Å². The van der Waals surface area contributed by atoms with E-state index in [2.05, 4.69) is 62.5 Å². The maximum atomic E-state index is 13.4. The number of hydrogen-bond acceptors (Lipinski definition) is 10. The molecule has 1 rings (SSSR count). The zero-order chi connectivity index (χ0) is 57.5. The number of allylic oxidation sites excluding steroid dienone is 17. The van der Waals surface area contributed by atoms with Crippen LogP contribution in [0, 0.1) is 0 Å². The number of aliphatic hydroxyl groups is 5. The first-order chi connectivity index (χ1) is 38.7. The Hall–Kier alpha value is -3.68. The standard InChI is InChI=1S/C68H115NO10/c1-4-7-10-13-16-19-22-25-27-29-30-31-33-34-37-40-43-46-49-52-55-61(72)67(76)69-59(60(71)54-51-48-45-42-39-36-24-21-18-15-12-9-6-3)58-77-68-66(65(75)64(74)62(57-70)78-68)79-63(73)56-53-50-47-44-41-38-35-32-28-26-23-20-17-14-11-8-5-2/h8,11,14,16-17,19-20,23,25-28,32,35,38,41,51,54,59-62,64-66,68,70-72,74-75H,4-7,9-10,12-13,15,18,21-22,24,29-31,33-34,36-37,39-40,42-50,52-53,55-58H2,1-3H3,(H,69,76)/b11-8-,17-14+,19-16-,23-20+,27-25-,28-26-,35-32+,41-38+,54-51+. The third kappa shape index (κ3) is 42.8. The van der Waals surface area contributed by atoms with Gasteiger partial charge >= 0.3 is 5.97 Å². The molecule has 1 aliphatic rings. The molecule has 1 fully saturated rings. The monoisotopic (exact) mass is 1110 g/mol. The topological polar surface area (TPSA) is 175 Å². The molecule has 1 heterocycles. The van der Waals surface area contributed by atoms with Crippen LogP contribution in [0.25, 0.3) is 0 Å². The van der Waals surface area contributed by atoms with Gasteiger partial charge in [0, 0.05) is 6.42 Å². The van der Waals surface area contributed by atoms with Crippen LogP contribution in [-0.2, 0) is 23.8 Å².